The minimum atomic E-state index is 0.246. The summed E-state index contributed by atoms with van der Waals surface area (Å²) in [5, 5.41) is 3.18. The third kappa shape index (κ3) is 5.81. The summed E-state index contributed by atoms with van der Waals surface area (Å²) in [6.45, 7) is 4.19. The van der Waals surface area contributed by atoms with Crippen LogP contribution >= 0.6 is 0 Å². The highest BCUT2D eigenvalue weighted by Gasteiger charge is 2.14. The maximum atomic E-state index is 11.6. The molecular formula is C13H25NO. The van der Waals surface area contributed by atoms with Crippen molar-refractivity contribution in [2.75, 3.05) is 0 Å². The average Bonchev–Trinajstić information content (AvgIpc) is 2.08. The second-order valence-corrected chi connectivity index (χ2v) is 5.21. The van der Waals surface area contributed by atoms with Gasteiger partial charge in [0, 0.05) is 12.5 Å². The van der Waals surface area contributed by atoms with Gasteiger partial charge in [0.15, 0.2) is 0 Å². The van der Waals surface area contributed by atoms with Crippen LogP contribution < -0.4 is 5.32 Å². The molecule has 0 unspecified atom stereocenters. The van der Waals surface area contributed by atoms with Crippen LogP contribution in [0.25, 0.3) is 0 Å². The summed E-state index contributed by atoms with van der Waals surface area (Å²) in [6.07, 6.45) is 9.68. The second-order valence-electron chi connectivity index (χ2n) is 5.21. The Bertz CT molecular complexity index is 181. The molecule has 0 aromatic heterocycles. The Kier molecular flexibility index (Phi) is 5.74. The predicted octanol–water partition coefficient (Wildman–Crippen LogP) is 3.26. The summed E-state index contributed by atoms with van der Waals surface area (Å²) in [7, 11) is 0. The Balaban J connectivity index is 2.25. The number of rotatable bonds is 3. The molecule has 1 fully saturated rings. The van der Waals surface area contributed by atoms with Crippen LogP contribution in [0.4, 0.5) is 0 Å². The van der Waals surface area contributed by atoms with Crippen LogP contribution in [0.5, 0.6) is 0 Å². The van der Waals surface area contributed by atoms with Crippen molar-refractivity contribution in [1.82, 2.24) is 5.32 Å². The van der Waals surface area contributed by atoms with Crippen molar-refractivity contribution in [2.24, 2.45) is 5.92 Å². The number of hydrogen-bond acceptors (Lipinski definition) is 1. The normalized spacial score (nSPS) is 19.7. The molecule has 1 rings (SSSR count). The largest absolute Gasteiger partial charge is 0.353 e. The number of carbonyl (C=O) groups is 1. The van der Waals surface area contributed by atoms with E-state index < -0.39 is 0 Å². The van der Waals surface area contributed by atoms with Gasteiger partial charge in [-0.3, -0.25) is 4.79 Å². The molecule has 0 atom stereocenters. The van der Waals surface area contributed by atoms with Crippen molar-refractivity contribution in [1.29, 1.82) is 0 Å². The van der Waals surface area contributed by atoms with Gasteiger partial charge in [0.1, 0.15) is 0 Å². The van der Waals surface area contributed by atoms with Gasteiger partial charge in [-0.2, -0.15) is 0 Å². The molecule has 0 saturated heterocycles. The van der Waals surface area contributed by atoms with Gasteiger partial charge >= 0.3 is 0 Å². The number of carbonyl (C=O) groups excluding carboxylic acids is 1. The molecule has 2 nitrogen and oxygen atoms in total. The SMILES string of the molecule is CC(C)CC(=O)NC1CCCCCCC1. The standard InChI is InChI=1S/C13H25NO/c1-11(2)10-13(15)14-12-8-6-4-3-5-7-9-12/h11-12H,3-10H2,1-2H3,(H,14,15). The van der Waals surface area contributed by atoms with Crippen LogP contribution in [0.3, 0.4) is 0 Å². The van der Waals surface area contributed by atoms with Gasteiger partial charge in [0.25, 0.3) is 0 Å². The smallest absolute Gasteiger partial charge is 0.220 e. The Labute approximate surface area is 93.8 Å². The molecule has 0 spiro atoms. The summed E-state index contributed by atoms with van der Waals surface area (Å²) in [4.78, 5) is 11.6. The Morgan fingerprint density at radius 2 is 1.67 bits per heavy atom. The fraction of sp³-hybridized carbons (Fsp3) is 0.923. The molecule has 1 amide bonds. The van der Waals surface area contributed by atoms with E-state index in [-0.39, 0.29) is 5.91 Å². The Morgan fingerprint density at radius 1 is 1.13 bits per heavy atom. The minimum absolute atomic E-state index is 0.246. The maximum Gasteiger partial charge on any atom is 0.220 e. The van der Waals surface area contributed by atoms with E-state index in [1.54, 1.807) is 0 Å². The van der Waals surface area contributed by atoms with Gasteiger partial charge in [-0.1, -0.05) is 46.0 Å². The topological polar surface area (TPSA) is 29.1 Å². The zero-order valence-corrected chi connectivity index (χ0v) is 10.2. The zero-order chi connectivity index (χ0) is 11.1. The van der Waals surface area contributed by atoms with Crippen LogP contribution in [-0.2, 0) is 4.79 Å². The summed E-state index contributed by atoms with van der Waals surface area (Å²) in [5.41, 5.74) is 0. The van der Waals surface area contributed by atoms with E-state index in [0.717, 1.165) is 0 Å². The zero-order valence-electron chi connectivity index (χ0n) is 10.2. The van der Waals surface area contributed by atoms with E-state index in [9.17, 15) is 4.79 Å². The molecule has 0 aromatic rings. The summed E-state index contributed by atoms with van der Waals surface area (Å²) < 4.78 is 0. The van der Waals surface area contributed by atoms with Crippen molar-refractivity contribution in [3.8, 4) is 0 Å². The van der Waals surface area contributed by atoms with Crippen LogP contribution in [-0.4, -0.2) is 11.9 Å². The molecule has 1 saturated carbocycles. The number of amides is 1. The molecular weight excluding hydrogens is 186 g/mol. The number of nitrogens with one attached hydrogen (secondary N) is 1. The first kappa shape index (κ1) is 12.5. The van der Waals surface area contributed by atoms with Crippen LogP contribution in [0.2, 0.25) is 0 Å². The first-order chi connectivity index (χ1) is 7.18. The van der Waals surface area contributed by atoms with E-state index >= 15 is 0 Å². The van der Waals surface area contributed by atoms with Crippen molar-refractivity contribution < 1.29 is 4.79 Å². The van der Waals surface area contributed by atoms with Crippen molar-refractivity contribution in [3.05, 3.63) is 0 Å². The second kappa shape index (κ2) is 6.86. The molecule has 0 radical (unpaired) electrons. The lowest BCUT2D eigenvalue weighted by atomic mass is 9.96. The molecule has 0 aromatic carbocycles. The highest BCUT2D eigenvalue weighted by Crippen LogP contribution is 2.17. The number of hydrogen-bond donors (Lipinski definition) is 1. The first-order valence-electron chi connectivity index (χ1n) is 6.48. The molecule has 15 heavy (non-hydrogen) atoms. The molecule has 88 valence electrons. The van der Waals surface area contributed by atoms with Crippen molar-refractivity contribution in [2.45, 2.75) is 71.3 Å². The Morgan fingerprint density at radius 3 is 2.20 bits per heavy atom. The quantitative estimate of drug-likeness (QED) is 0.762. The van der Waals surface area contributed by atoms with E-state index in [4.69, 9.17) is 0 Å². The van der Waals surface area contributed by atoms with E-state index in [0.29, 0.717) is 18.4 Å². The van der Waals surface area contributed by atoms with Crippen LogP contribution in [0.15, 0.2) is 0 Å². The first-order valence-corrected chi connectivity index (χ1v) is 6.48. The lowest BCUT2D eigenvalue weighted by molar-refractivity contribution is -0.122. The van der Waals surface area contributed by atoms with Crippen LogP contribution in [0, 0.1) is 5.92 Å². The minimum Gasteiger partial charge on any atom is -0.353 e. The van der Waals surface area contributed by atoms with Gasteiger partial charge < -0.3 is 5.32 Å². The Hall–Kier alpha value is -0.530. The molecule has 2 heteroatoms. The molecule has 1 aliphatic carbocycles. The van der Waals surface area contributed by atoms with Gasteiger partial charge in [-0.05, 0) is 18.8 Å². The highest BCUT2D eigenvalue weighted by atomic mass is 16.1. The lowest BCUT2D eigenvalue weighted by Crippen LogP contribution is -2.35. The van der Waals surface area contributed by atoms with Crippen molar-refractivity contribution >= 4 is 5.91 Å². The van der Waals surface area contributed by atoms with E-state index in [2.05, 4.69) is 19.2 Å². The monoisotopic (exact) mass is 211 g/mol. The molecule has 1 N–H and O–H groups in total. The predicted molar refractivity (Wildman–Crippen MR) is 63.7 cm³/mol. The lowest BCUT2D eigenvalue weighted by Gasteiger charge is -2.21. The maximum absolute atomic E-state index is 11.6. The molecule has 0 heterocycles. The summed E-state index contributed by atoms with van der Waals surface area (Å²) >= 11 is 0. The van der Waals surface area contributed by atoms with Crippen LogP contribution in [0.1, 0.15) is 65.2 Å². The summed E-state index contributed by atoms with van der Waals surface area (Å²) in [6, 6.07) is 0.455. The molecule has 0 aliphatic heterocycles. The summed E-state index contributed by atoms with van der Waals surface area (Å²) in [5.74, 6) is 0.717. The van der Waals surface area contributed by atoms with Gasteiger partial charge in [-0.25, -0.2) is 0 Å². The van der Waals surface area contributed by atoms with Gasteiger partial charge in [0.2, 0.25) is 5.91 Å². The van der Waals surface area contributed by atoms with Crippen molar-refractivity contribution in [3.63, 3.8) is 0 Å². The van der Waals surface area contributed by atoms with Gasteiger partial charge in [0.05, 0.1) is 0 Å². The van der Waals surface area contributed by atoms with E-state index in [1.165, 1.54) is 44.9 Å². The molecule has 1 aliphatic rings. The molecule has 0 bridgehead atoms. The fourth-order valence-electron chi connectivity index (χ4n) is 2.26. The highest BCUT2D eigenvalue weighted by molar-refractivity contribution is 5.76. The third-order valence-corrected chi connectivity index (χ3v) is 3.06. The van der Waals surface area contributed by atoms with Gasteiger partial charge in [-0.15, -0.1) is 0 Å². The third-order valence-electron chi connectivity index (χ3n) is 3.06. The van der Waals surface area contributed by atoms with E-state index in [1.807, 2.05) is 0 Å². The fourth-order valence-corrected chi connectivity index (χ4v) is 2.26. The average molecular weight is 211 g/mol.